The molecule has 0 fully saturated rings. The van der Waals surface area contributed by atoms with E-state index in [1.165, 1.54) is 24.1 Å². The van der Waals surface area contributed by atoms with E-state index in [4.69, 9.17) is 4.74 Å². The Kier molecular flexibility index (Phi) is 4.66. The van der Waals surface area contributed by atoms with E-state index in [-0.39, 0.29) is 11.6 Å². The first-order chi connectivity index (χ1) is 10.4. The number of ether oxygens (including phenoxy) is 1. The Balaban J connectivity index is 2.14. The number of anilines is 1. The molecule has 2 rings (SSSR count). The van der Waals surface area contributed by atoms with E-state index in [9.17, 15) is 9.59 Å². The number of hydrogen-bond acceptors (Lipinski definition) is 7. The highest BCUT2D eigenvalue weighted by atomic mass is 32.1. The molecule has 0 spiro atoms. The number of aryl methyl sites for hydroxylation is 1. The number of rotatable bonds is 4. The number of amides is 2. The minimum absolute atomic E-state index is 0.133. The largest absolute Gasteiger partial charge is 0.480 e. The number of nitrogens with one attached hydrogen (secondary N) is 1. The van der Waals surface area contributed by atoms with Crippen LogP contribution in [0.5, 0.6) is 5.88 Å². The Bertz CT molecular complexity index is 696. The zero-order chi connectivity index (χ0) is 16.3. The van der Waals surface area contributed by atoms with Gasteiger partial charge in [-0.05, 0) is 13.0 Å². The molecule has 8 nitrogen and oxygen atoms in total. The summed E-state index contributed by atoms with van der Waals surface area (Å²) in [6.07, 6.45) is 0. The molecule has 0 bridgehead atoms. The zero-order valence-electron chi connectivity index (χ0n) is 12.6. The molecule has 0 aromatic carbocycles. The molecule has 22 heavy (non-hydrogen) atoms. The van der Waals surface area contributed by atoms with Crippen molar-refractivity contribution in [2.24, 2.45) is 0 Å². The molecule has 2 amide bonds. The summed E-state index contributed by atoms with van der Waals surface area (Å²) in [5.74, 6) is -0.284. The quantitative estimate of drug-likeness (QED) is 0.909. The summed E-state index contributed by atoms with van der Waals surface area (Å²) in [6, 6.07) is 3.03. The summed E-state index contributed by atoms with van der Waals surface area (Å²) in [4.78, 5) is 30.1. The fourth-order valence-corrected chi connectivity index (χ4v) is 2.55. The maximum atomic E-state index is 12.1. The maximum absolute atomic E-state index is 12.1. The number of nitrogens with zero attached hydrogens (tertiary/aromatic N) is 4. The van der Waals surface area contributed by atoms with Gasteiger partial charge in [0.2, 0.25) is 5.88 Å². The Morgan fingerprint density at radius 3 is 2.55 bits per heavy atom. The fraction of sp³-hybridized carbons (Fsp3) is 0.308. The first-order valence-electron chi connectivity index (χ1n) is 6.30. The second-order valence-electron chi connectivity index (χ2n) is 4.55. The SMILES string of the molecule is COc1ccc(C(=O)Nc2nc(C)c(C(=O)N(C)C)s2)nn1. The third kappa shape index (κ3) is 3.37. The highest BCUT2D eigenvalue weighted by molar-refractivity contribution is 7.17. The molecule has 0 radical (unpaired) electrons. The van der Waals surface area contributed by atoms with Gasteiger partial charge in [0.25, 0.3) is 11.8 Å². The molecule has 9 heteroatoms. The zero-order valence-corrected chi connectivity index (χ0v) is 13.4. The van der Waals surface area contributed by atoms with Crippen LogP contribution < -0.4 is 10.1 Å². The van der Waals surface area contributed by atoms with Gasteiger partial charge in [-0.15, -0.1) is 10.2 Å². The van der Waals surface area contributed by atoms with Crippen LogP contribution in [0, 0.1) is 6.92 Å². The Morgan fingerprint density at radius 1 is 1.27 bits per heavy atom. The average Bonchev–Trinajstić information content (AvgIpc) is 2.86. The molecule has 0 saturated carbocycles. The van der Waals surface area contributed by atoms with Crippen LogP contribution in [0.2, 0.25) is 0 Å². The minimum Gasteiger partial charge on any atom is -0.480 e. The average molecular weight is 321 g/mol. The lowest BCUT2D eigenvalue weighted by Crippen LogP contribution is -2.21. The number of thiazole rings is 1. The summed E-state index contributed by atoms with van der Waals surface area (Å²) in [6.45, 7) is 1.72. The summed E-state index contributed by atoms with van der Waals surface area (Å²) in [7, 11) is 4.78. The second kappa shape index (κ2) is 6.48. The van der Waals surface area contributed by atoms with Gasteiger partial charge < -0.3 is 9.64 Å². The van der Waals surface area contributed by atoms with Gasteiger partial charge >= 0.3 is 0 Å². The van der Waals surface area contributed by atoms with Crippen LogP contribution in [-0.2, 0) is 0 Å². The van der Waals surface area contributed by atoms with E-state index in [0.717, 1.165) is 11.3 Å². The van der Waals surface area contributed by atoms with Gasteiger partial charge in [-0.3, -0.25) is 14.9 Å². The number of hydrogen-bond donors (Lipinski definition) is 1. The van der Waals surface area contributed by atoms with Gasteiger partial charge in [0, 0.05) is 20.2 Å². The molecular weight excluding hydrogens is 306 g/mol. The second-order valence-corrected chi connectivity index (χ2v) is 5.55. The first-order valence-corrected chi connectivity index (χ1v) is 7.12. The van der Waals surface area contributed by atoms with Gasteiger partial charge in [-0.2, -0.15) is 0 Å². The van der Waals surface area contributed by atoms with E-state index in [1.807, 2.05) is 0 Å². The Morgan fingerprint density at radius 2 is 2.00 bits per heavy atom. The molecule has 1 N–H and O–H groups in total. The maximum Gasteiger partial charge on any atom is 0.277 e. The summed E-state index contributed by atoms with van der Waals surface area (Å²) < 4.78 is 4.88. The minimum atomic E-state index is -0.451. The Labute approximate surface area is 131 Å². The third-order valence-electron chi connectivity index (χ3n) is 2.70. The molecule has 2 heterocycles. The normalized spacial score (nSPS) is 10.2. The number of methoxy groups -OCH3 is 1. The molecule has 0 aliphatic carbocycles. The van der Waals surface area contributed by atoms with Crippen molar-refractivity contribution in [2.75, 3.05) is 26.5 Å². The predicted octanol–water partition coefficient (Wildman–Crippen LogP) is 1.20. The smallest absolute Gasteiger partial charge is 0.277 e. The lowest BCUT2D eigenvalue weighted by molar-refractivity contribution is 0.0831. The third-order valence-corrected chi connectivity index (χ3v) is 3.76. The molecule has 0 aliphatic heterocycles. The van der Waals surface area contributed by atoms with Crippen LogP contribution >= 0.6 is 11.3 Å². The molecule has 0 aliphatic rings. The summed E-state index contributed by atoms with van der Waals surface area (Å²) in [5, 5.41) is 10.4. The lowest BCUT2D eigenvalue weighted by Gasteiger charge is -2.07. The molecule has 2 aromatic heterocycles. The van der Waals surface area contributed by atoms with Crippen molar-refractivity contribution in [1.82, 2.24) is 20.1 Å². The predicted molar refractivity (Wildman–Crippen MR) is 81.4 cm³/mol. The van der Waals surface area contributed by atoms with Crippen molar-refractivity contribution in [2.45, 2.75) is 6.92 Å². The highest BCUT2D eigenvalue weighted by Crippen LogP contribution is 2.23. The van der Waals surface area contributed by atoms with Gasteiger partial charge in [-0.1, -0.05) is 11.3 Å². The van der Waals surface area contributed by atoms with Gasteiger partial charge in [0.1, 0.15) is 4.88 Å². The van der Waals surface area contributed by atoms with Crippen LogP contribution in [0.1, 0.15) is 25.9 Å². The van der Waals surface area contributed by atoms with Gasteiger partial charge in [0.05, 0.1) is 12.8 Å². The molecule has 0 atom stereocenters. The lowest BCUT2D eigenvalue weighted by atomic mass is 10.3. The molecular formula is C13H15N5O3S. The topological polar surface area (TPSA) is 97.3 Å². The van der Waals surface area contributed by atoms with Crippen molar-refractivity contribution < 1.29 is 14.3 Å². The summed E-state index contributed by atoms with van der Waals surface area (Å²) in [5.41, 5.74) is 0.703. The van der Waals surface area contributed by atoms with Crippen LogP contribution in [-0.4, -0.2) is 53.1 Å². The number of carbonyl (C=O) groups is 2. The standard InChI is InChI=1S/C13H15N5O3S/c1-7-10(12(20)18(2)3)22-13(14-7)15-11(19)8-5-6-9(21-4)17-16-8/h5-6H,1-4H3,(H,14,15,19). The molecule has 0 saturated heterocycles. The van der Waals surface area contributed by atoms with Crippen molar-refractivity contribution in [3.05, 3.63) is 28.4 Å². The van der Waals surface area contributed by atoms with Gasteiger partial charge in [-0.25, -0.2) is 4.98 Å². The fourth-order valence-electron chi connectivity index (χ4n) is 1.56. The van der Waals surface area contributed by atoms with E-state index in [0.29, 0.717) is 21.6 Å². The molecule has 2 aromatic rings. The highest BCUT2D eigenvalue weighted by Gasteiger charge is 2.18. The summed E-state index contributed by atoms with van der Waals surface area (Å²) >= 11 is 1.12. The van der Waals surface area contributed by atoms with Crippen molar-refractivity contribution >= 4 is 28.3 Å². The van der Waals surface area contributed by atoms with E-state index in [2.05, 4.69) is 20.5 Å². The van der Waals surface area contributed by atoms with E-state index < -0.39 is 5.91 Å². The monoisotopic (exact) mass is 321 g/mol. The van der Waals surface area contributed by atoms with Gasteiger partial charge in [0.15, 0.2) is 10.8 Å². The van der Waals surface area contributed by atoms with Crippen LogP contribution in [0.25, 0.3) is 0 Å². The number of aromatic nitrogens is 3. The van der Waals surface area contributed by atoms with Crippen molar-refractivity contribution in [3.8, 4) is 5.88 Å². The molecule has 116 valence electrons. The van der Waals surface area contributed by atoms with E-state index >= 15 is 0 Å². The number of carbonyl (C=O) groups excluding carboxylic acids is 2. The van der Waals surface area contributed by atoms with Crippen LogP contribution in [0.3, 0.4) is 0 Å². The Hall–Kier alpha value is -2.55. The van der Waals surface area contributed by atoms with Crippen molar-refractivity contribution in [3.63, 3.8) is 0 Å². The van der Waals surface area contributed by atoms with Crippen LogP contribution in [0.15, 0.2) is 12.1 Å². The van der Waals surface area contributed by atoms with E-state index in [1.54, 1.807) is 21.0 Å². The van der Waals surface area contributed by atoms with Crippen LogP contribution in [0.4, 0.5) is 5.13 Å². The molecule has 0 unspecified atom stereocenters. The first kappa shape index (κ1) is 15.8. The van der Waals surface area contributed by atoms with Crippen molar-refractivity contribution in [1.29, 1.82) is 0 Å².